The minimum absolute atomic E-state index is 0.00369. The van der Waals surface area contributed by atoms with Crippen LogP contribution in [0, 0.1) is 10.8 Å². The van der Waals surface area contributed by atoms with Crippen LogP contribution in [-0.2, 0) is 26.9 Å². The van der Waals surface area contributed by atoms with Crippen molar-refractivity contribution >= 4 is 10.1 Å². The van der Waals surface area contributed by atoms with Gasteiger partial charge >= 0.3 is 15.6 Å². The van der Waals surface area contributed by atoms with E-state index in [0.29, 0.717) is 0 Å². The van der Waals surface area contributed by atoms with Crippen molar-refractivity contribution in [1.82, 2.24) is 4.98 Å². The van der Waals surface area contributed by atoms with Crippen molar-refractivity contribution in [2.45, 2.75) is 129 Å². The summed E-state index contributed by atoms with van der Waals surface area (Å²) in [6.45, 7) is 17.7. The molecule has 1 aromatic carbocycles. The average molecular weight is 625 g/mol. The van der Waals surface area contributed by atoms with E-state index in [2.05, 4.69) is 59.6 Å². The lowest BCUT2D eigenvalue weighted by Gasteiger charge is -2.40. The fraction of sp³-hybridized carbons (Fsp3) is 0.667. The lowest BCUT2D eigenvalue weighted by Crippen LogP contribution is -2.38. The third-order valence-corrected chi connectivity index (χ3v) is 10.4. The summed E-state index contributed by atoms with van der Waals surface area (Å²) < 4.78 is 78.8. The molecule has 2 heterocycles. The molecule has 1 fully saturated rings. The number of ether oxygens (including phenoxy) is 2. The molecule has 3 unspecified atom stereocenters. The maximum atomic E-state index is 12.9. The number of fused-ring (bicyclic) bond motifs is 4. The molecule has 0 amide bonds. The molecule has 5 rings (SSSR count). The van der Waals surface area contributed by atoms with Gasteiger partial charge in [0.15, 0.2) is 12.2 Å². The van der Waals surface area contributed by atoms with E-state index in [1.165, 1.54) is 23.3 Å². The van der Waals surface area contributed by atoms with Crippen molar-refractivity contribution in [1.29, 1.82) is 0 Å². The highest BCUT2D eigenvalue weighted by Gasteiger charge is 2.54. The number of hydrogen-bond acceptors (Lipinski definition) is 5. The van der Waals surface area contributed by atoms with E-state index < -0.39 is 33.1 Å². The summed E-state index contributed by atoms with van der Waals surface area (Å²) in [5.74, 6) is -0.296. The first kappa shape index (κ1) is 32.2. The largest absolute Gasteiger partial charge is 0.534 e. The maximum absolute atomic E-state index is 12.9. The van der Waals surface area contributed by atoms with Gasteiger partial charge in [-0.3, -0.25) is 4.98 Å². The zero-order valence-electron chi connectivity index (χ0n) is 26.4. The van der Waals surface area contributed by atoms with Crippen LogP contribution in [0.3, 0.4) is 0 Å². The second-order valence-corrected chi connectivity index (χ2v) is 16.3. The van der Waals surface area contributed by atoms with Crippen molar-refractivity contribution in [3.05, 3.63) is 57.9 Å². The number of rotatable bonds is 6. The second kappa shape index (κ2) is 10.7. The predicted molar refractivity (Wildman–Crippen MR) is 159 cm³/mol. The molecular weight excluding hydrogens is 579 g/mol. The van der Waals surface area contributed by atoms with Gasteiger partial charge in [-0.05, 0) is 48.3 Å². The number of nitrogens with zero attached hydrogens (tertiary/aromatic N) is 1. The van der Waals surface area contributed by atoms with E-state index in [9.17, 15) is 21.6 Å². The van der Waals surface area contributed by atoms with Crippen molar-refractivity contribution in [2.24, 2.45) is 10.8 Å². The highest BCUT2D eigenvalue weighted by Crippen LogP contribution is 2.60. The van der Waals surface area contributed by atoms with Crippen LogP contribution in [0.1, 0.15) is 139 Å². The van der Waals surface area contributed by atoms with Gasteiger partial charge in [-0.15, -0.1) is 0 Å². The molecule has 2 aromatic rings. The Morgan fingerprint density at radius 3 is 2.16 bits per heavy atom. The van der Waals surface area contributed by atoms with E-state index in [1.807, 2.05) is 0 Å². The highest BCUT2D eigenvalue weighted by atomic mass is 32.2. The monoisotopic (exact) mass is 624 g/mol. The molecule has 43 heavy (non-hydrogen) atoms. The van der Waals surface area contributed by atoms with Gasteiger partial charge in [0.05, 0.1) is 16.9 Å². The summed E-state index contributed by atoms with van der Waals surface area (Å²) in [6.07, 6.45) is 5.19. The molecule has 0 bridgehead atoms. The van der Waals surface area contributed by atoms with Crippen LogP contribution in [0.5, 0.6) is 5.75 Å². The molecule has 0 saturated heterocycles. The molecule has 1 saturated carbocycles. The molecule has 0 radical (unpaired) electrons. The normalized spacial score (nSPS) is 23.8. The topological polar surface area (TPSA) is 78.3 Å². The summed E-state index contributed by atoms with van der Waals surface area (Å²) in [4.78, 5) is 5.35. The van der Waals surface area contributed by atoms with Gasteiger partial charge in [-0.25, -0.2) is 0 Å². The summed E-state index contributed by atoms with van der Waals surface area (Å²) in [5, 5.41) is 0. The Morgan fingerprint density at radius 1 is 1.02 bits per heavy atom. The standard InChI is InChI=1S/C33H44F3NO5S/c1-19(2)28-26-27(25-23(37-28)17-31(7,8)18-24(25)40-20(3)30(4,5)6)32(15-9-10-16-32)41-29(26)21-11-13-22(14-12-21)42-43(38,39)33(34,35)36/h11-14,19-20,24,29H,9-10,15-18H2,1-8H3/p+1. The zero-order valence-corrected chi connectivity index (χ0v) is 27.2. The smallest absolute Gasteiger partial charge is 0.425 e. The molecular formula is C33H45F3NO5S+. The third kappa shape index (κ3) is 5.96. The maximum Gasteiger partial charge on any atom is 0.534 e. The Kier molecular flexibility index (Phi) is 8.04. The first-order chi connectivity index (χ1) is 19.7. The lowest BCUT2D eigenvalue weighted by molar-refractivity contribution is -0.206. The molecule has 3 atom stereocenters. The Bertz CT molecular complexity index is 1470. The van der Waals surface area contributed by atoms with E-state index >= 15 is 0 Å². The Labute approximate surface area is 253 Å². The number of halogens is 3. The van der Waals surface area contributed by atoms with Gasteiger partial charge in [0.1, 0.15) is 11.9 Å². The zero-order chi connectivity index (χ0) is 31.8. The molecule has 1 spiro atoms. The minimum Gasteiger partial charge on any atom is -0.425 e. The summed E-state index contributed by atoms with van der Waals surface area (Å²) in [6, 6.07) is 5.71. The average Bonchev–Trinajstić information content (AvgIpc) is 3.47. The summed E-state index contributed by atoms with van der Waals surface area (Å²) in [7, 11) is -5.77. The fourth-order valence-electron chi connectivity index (χ4n) is 6.91. The summed E-state index contributed by atoms with van der Waals surface area (Å²) >= 11 is 0. The molecule has 1 aliphatic heterocycles. The van der Waals surface area contributed by atoms with Gasteiger partial charge in [0.25, 0.3) is 0 Å². The van der Waals surface area contributed by atoms with Crippen LogP contribution >= 0.6 is 0 Å². The van der Waals surface area contributed by atoms with E-state index in [-0.39, 0.29) is 29.0 Å². The first-order valence-electron chi connectivity index (χ1n) is 15.3. The Morgan fingerprint density at radius 2 is 1.63 bits per heavy atom. The SMILES string of the molecule is CC(C)c1nc2c(c3c1C(c1ccc(OS(=O)(=O)C(F)(F)F)cc1)OC31CCCC1)C([OH+]C(C)C(C)(C)C)CC(C)(C)C2. The minimum atomic E-state index is -5.77. The molecule has 3 aliphatic rings. The van der Waals surface area contributed by atoms with Crippen LogP contribution in [-0.4, -0.2) is 29.8 Å². The first-order valence-corrected chi connectivity index (χ1v) is 16.7. The van der Waals surface area contributed by atoms with Gasteiger partial charge in [-0.1, -0.05) is 73.4 Å². The van der Waals surface area contributed by atoms with E-state index in [0.717, 1.165) is 61.0 Å². The molecule has 1 aromatic heterocycles. The van der Waals surface area contributed by atoms with Crippen LogP contribution in [0.25, 0.3) is 0 Å². The third-order valence-electron chi connectivity index (χ3n) is 9.45. The van der Waals surface area contributed by atoms with Crippen LogP contribution in [0.15, 0.2) is 24.3 Å². The number of aliphatic hydroxyl groups is 2. The summed E-state index contributed by atoms with van der Waals surface area (Å²) in [5.41, 5.74) is 0.287. The quantitative estimate of drug-likeness (QED) is 0.184. The Balaban J connectivity index is 1.66. The van der Waals surface area contributed by atoms with E-state index in [1.54, 1.807) is 12.1 Å². The van der Waals surface area contributed by atoms with E-state index in [4.69, 9.17) is 14.5 Å². The second-order valence-electron chi connectivity index (χ2n) is 14.8. The Hall–Kier alpha value is -2.17. The van der Waals surface area contributed by atoms with Gasteiger partial charge < -0.3 is 13.7 Å². The fourth-order valence-corrected chi connectivity index (χ4v) is 7.37. The van der Waals surface area contributed by atoms with Crippen molar-refractivity contribution in [3.63, 3.8) is 0 Å². The predicted octanol–water partition coefficient (Wildman–Crippen LogP) is 8.30. The molecule has 238 valence electrons. The number of alkyl halides is 3. The van der Waals surface area contributed by atoms with Gasteiger partial charge in [-0.2, -0.15) is 21.6 Å². The lowest BCUT2D eigenvalue weighted by atomic mass is 9.70. The van der Waals surface area contributed by atoms with Gasteiger partial charge in [0, 0.05) is 35.6 Å². The number of hydrogen-bond donors (Lipinski definition) is 0. The molecule has 10 heteroatoms. The van der Waals surface area contributed by atoms with Crippen molar-refractivity contribution in [2.75, 3.05) is 0 Å². The molecule has 2 aliphatic carbocycles. The number of pyridine rings is 1. The molecule has 6 nitrogen and oxygen atoms in total. The van der Waals surface area contributed by atoms with Crippen LogP contribution in [0.2, 0.25) is 0 Å². The van der Waals surface area contributed by atoms with Gasteiger partial charge in [0.2, 0.25) is 0 Å². The molecule has 1 N–H and O–H groups in total. The van der Waals surface area contributed by atoms with Crippen LogP contribution in [0.4, 0.5) is 13.2 Å². The highest BCUT2D eigenvalue weighted by molar-refractivity contribution is 7.88. The number of benzene rings is 1. The van der Waals surface area contributed by atoms with Crippen molar-refractivity contribution < 1.29 is 35.2 Å². The number of aromatic nitrogens is 1. The van der Waals surface area contributed by atoms with Crippen LogP contribution < -0.4 is 4.18 Å². The van der Waals surface area contributed by atoms with Crippen molar-refractivity contribution in [3.8, 4) is 5.75 Å².